The van der Waals surface area contributed by atoms with Gasteiger partial charge in [0.15, 0.2) is 0 Å². The Morgan fingerprint density at radius 3 is 1.52 bits per heavy atom. The lowest BCUT2D eigenvalue weighted by molar-refractivity contribution is 1.00. The van der Waals surface area contributed by atoms with Crippen molar-refractivity contribution in [3.63, 3.8) is 0 Å². The average Bonchev–Trinajstić information content (AvgIpc) is 3.79. The largest absolute Gasteiger partial charge is 0.309 e. The van der Waals surface area contributed by atoms with Crippen molar-refractivity contribution in [1.29, 1.82) is 0 Å². The Morgan fingerprint density at radius 1 is 0.321 bits per heavy atom. The SMILES string of the molecule is C1=Cc2c(c3ccccc3c3ccc(-c4cccc(-n5c6ccccc6c6cc(-c7ccc8c(c7)c7ccccc7n8-c7ccccc7)ccc65)c4)cc23)CC1. The molecule has 0 bridgehead atoms. The molecule has 0 atom stereocenters. The highest BCUT2D eigenvalue weighted by molar-refractivity contribution is 6.15. The maximum Gasteiger partial charge on any atom is 0.0541 e. The van der Waals surface area contributed by atoms with Gasteiger partial charge in [0, 0.05) is 32.9 Å². The normalized spacial score (nSPS) is 12.8. The van der Waals surface area contributed by atoms with Gasteiger partial charge in [-0.2, -0.15) is 0 Å². The van der Waals surface area contributed by atoms with Gasteiger partial charge in [-0.3, -0.25) is 0 Å². The van der Waals surface area contributed by atoms with Crippen molar-refractivity contribution in [3.05, 3.63) is 199 Å². The molecule has 0 radical (unpaired) electrons. The number of hydrogen-bond donors (Lipinski definition) is 0. The van der Waals surface area contributed by atoms with Crippen LogP contribution in [0, 0.1) is 0 Å². The molecule has 0 amide bonds. The highest BCUT2D eigenvalue weighted by Gasteiger charge is 2.18. The first-order valence-electron chi connectivity index (χ1n) is 19.7. The second-order valence-corrected chi connectivity index (χ2v) is 15.2. The summed E-state index contributed by atoms with van der Waals surface area (Å²) < 4.78 is 4.82. The van der Waals surface area contributed by atoms with E-state index in [1.165, 1.54) is 104 Å². The molecule has 0 fully saturated rings. The quantitative estimate of drug-likeness (QED) is 0.161. The van der Waals surface area contributed by atoms with E-state index in [4.69, 9.17) is 0 Å². The Hall–Kier alpha value is -7.16. The van der Waals surface area contributed by atoms with E-state index in [2.05, 4.69) is 203 Å². The summed E-state index contributed by atoms with van der Waals surface area (Å²) in [4.78, 5) is 0. The molecule has 2 nitrogen and oxygen atoms in total. The molecular formula is C54H36N2. The van der Waals surface area contributed by atoms with Crippen LogP contribution in [0.3, 0.4) is 0 Å². The number of fused-ring (bicyclic) bond motifs is 12. The number of para-hydroxylation sites is 3. The van der Waals surface area contributed by atoms with E-state index in [1.807, 2.05) is 0 Å². The minimum atomic E-state index is 1.09. The van der Waals surface area contributed by atoms with E-state index >= 15 is 0 Å². The van der Waals surface area contributed by atoms with Crippen molar-refractivity contribution in [1.82, 2.24) is 9.13 Å². The zero-order valence-corrected chi connectivity index (χ0v) is 30.8. The highest BCUT2D eigenvalue weighted by atomic mass is 15.0. The first kappa shape index (κ1) is 31.2. The van der Waals surface area contributed by atoms with Gasteiger partial charge < -0.3 is 9.13 Å². The van der Waals surface area contributed by atoms with Gasteiger partial charge in [0.1, 0.15) is 0 Å². The van der Waals surface area contributed by atoms with E-state index in [1.54, 1.807) is 0 Å². The topological polar surface area (TPSA) is 9.86 Å². The molecule has 0 spiro atoms. The summed E-state index contributed by atoms with van der Waals surface area (Å²) in [6.07, 6.45) is 6.87. The molecule has 1 aliphatic rings. The predicted molar refractivity (Wildman–Crippen MR) is 238 cm³/mol. The van der Waals surface area contributed by atoms with E-state index in [0.717, 1.165) is 18.5 Å². The van der Waals surface area contributed by atoms with Crippen LogP contribution in [-0.4, -0.2) is 9.13 Å². The summed E-state index contributed by atoms with van der Waals surface area (Å²) in [6.45, 7) is 0. The molecule has 0 saturated carbocycles. The smallest absolute Gasteiger partial charge is 0.0541 e. The summed E-state index contributed by atoms with van der Waals surface area (Å²) in [5.41, 5.74) is 14.9. The van der Waals surface area contributed by atoms with E-state index in [9.17, 15) is 0 Å². The second-order valence-electron chi connectivity index (χ2n) is 15.2. The van der Waals surface area contributed by atoms with Crippen LogP contribution in [0.5, 0.6) is 0 Å². The molecule has 2 heteroatoms. The van der Waals surface area contributed by atoms with Crippen LogP contribution < -0.4 is 0 Å². The Balaban J connectivity index is 0.995. The van der Waals surface area contributed by atoms with Gasteiger partial charge in [0.25, 0.3) is 0 Å². The van der Waals surface area contributed by atoms with Gasteiger partial charge in [-0.25, -0.2) is 0 Å². The number of allylic oxidation sites excluding steroid dienone is 1. The summed E-state index contributed by atoms with van der Waals surface area (Å²) in [6, 6.07) is 67.3. The third-order valence-electron chi connectivity index (χ3n) is 12.2. The summed E-state index contributed by atoms with van der Waals surface area (Å²) in [5.74, 6) is 0. The molecule has 11 aromatic rings. The lowest BCUT2D eigenvalue weighted by Crippen LogP contribution is -1.98. The molecule has 262 valence electrons. The average molecular weight is 713 g/mol. The minimum Gasteiger partial charge on any atom is -0.309 e. The molecule has 56 heavy (non-hydrogen) atoms. The Labute approximate surface area is 324 Å². The molecule has 0 unspecified atom stereocenters. The molecule has 2 heterocycles. The fourth-order valence-electron chi connectivity index (χ4n) is 9.62. The van der Waals surface area contributed by atoms with Crippen LogP contribution in [0.1, 0.15) is 17.5 Å². The zero-order chi connectivity index (χ0) is 36.7. The summed E-state index contributed by atoms with van der Waals surface area (Å²) in [5, 5.41) is 10.4. The number of nitrogens with zero attached hydrogens (tertiary/aromatic N) is 2. The molecule has 12 rings (SSSR count). The molecule has 0 N–H and O–H groups in total. The third kappa shape index (κ3) is 4.63. The molecule has 0 aliphatic heterocycles. The first-order chi connectivity index (χ1) is 27.8. The van der Waals surface area contributed by atoms with Gasteiger partial charge in [0.05, 0.1) is 22.1 Å². The van der Waals surface area contributed by atoms with Crippen molar-refractivity contribution in [3.8, 4) is 33.6 Å². The van der Waals surface area contributed by atoms with Crippen LogP contribution in [0.4, 0.5) is 0 Å². The van der Waals surface area contributed by atoms with E-state index < -0.39 is 0 Å². The number of rotatable bonds is 4. The van der Waals surface area contributed by atoms with Crippen molar-refractivity contribution in [2.45, 2.75) is 12.8 Å². The third-order valence-corrected chi connectivity index (χ3v) is 12.2. The van der Waals surface area contributed by atoms with Gasteiger partial charge in [0.2, 0.25) is 0 Å². The number of benzene rings is 9. The van der Waals surface area contributed by atoms with Gasteiger partial charge in [-0.05, 0) is 134 Å². The van der Waals surface area contributed by atoms with Crippen LogP contribution in [0.15, 0.2) is 188 Å². The van der Waals surface area contributed by atoms with E-state index in [-0.39, 0.29) is 0 Å². The number of hydrogen-bond acceptors (Lipinski definition) is 0. The summed E-state index contributed by atoms with van der Waals surface area (Å²) in [7, 11) is 0. The van der Waals surface area contributed by atoms with Crippen molar-refractivity contribution >= 4 is 71.2 Å². The van der Waals surface area contributed by atoms with Crippen LogP contribution in [-0.2, 0) is 6.42 Å². The lowest BCUT2D eigenvalue weighted by Gasteiger charge is -2.19. The molecular weight excluding hydrogens is 677 g/mol. The number of aromatic nitrogens is 2. The minimum absolute atomic E-state index is 1.09. The summed E-state index contributed by atoms with van der Waals surface area (Å²) >= 11 is 0. The molecule has 2 aromatic heterocycles. The zero-order valence-electron chi connectivity index (χ0n) is 30.8. The van der Waals surface area contributed by atoms with Crippen LogP contribution >= 0.6 is 0 Å². The Bertz CT molecular complexity index is 3410. The number of aryl methyl sites for hydroxylation is 1. The van der Waals surface area contributed by atoms with E-state index in [0.29, 0.717) is 0 Å². The van der Waals surface area contributed by atoms with Gasteiger partial charge in [-0.1, -0.05) is 127 Å². The molecule has 1 aliphatic carbocycles. The molecule has 0 saturated heterocycles. The van der Waals surface area contributed by atoms with Crippen molar-refractivity contribution < 1.29 is 0 Å². The Morgan fingerprint density at radius 2 is 0.821 bits per heavy atom. The Kier molecular flexibility index (Phi) is 6.79. The van der Waals surface area contributed by atoms with Crippen LogP contribution in [0.25, 0.3) is 105 Å². The maximum atomic E-state index is 2.44. The highest BCUT2D eigenvalue weighted by Crippen LogP contribution is 2.41. The van der Waals surface area contributed by atoms with Gasteiger partial charge in [-0.15, -0.1) is 0 Å². The second kappa shape index (κ2) is 12.2. The predicted octanol–water partition coefficient (Wildman–Crippen LogP) is 14.5. The lowest BCUT2D eigenvalue weighted by atomic mass is 9.86. The maximum absolute atomic E-state index is 2.44. The monoisotopic (exact) mass is 712 g/mol. The van der Waals surface area contributed by atoms with Crippen molar-refractivity contribution in [2.75, 3.05) is 0 Å². The van der Waals surface area contributed by atoms with Crippen LogP contribution in [0.2, 0.25) is 0 Å². The standard InChI is InChI=1S/C54H36N2/c1-2-14-39(15-3-1)55-51-23-10-8-21-46(51)49-33-37(26-29-53(49)55)38-27-30-54-50(34-38)47-22-9-11-24-52(47)56(54)40-16-12-13-35(31-40)36-25-28-45-43-19-5-4-17-41(43)42-18-6-7-20-44(42)48(45)32-36/h1-5,7-17,19-34H,6,18H2. The van der Waals surface area contributed by atoms with Crippen molar-refractivity contribution in [2.24, 2.45) is 0 Å². The fourth-order valence-corrected chi connectivity index (χ4v) is 9.62. The first-order valence-corrected chi connectivity index (χ1v) is 19.7. The van der Waals surface area contributed by atoms with Gasteiger partial charge >= 0.3 is 0 Å². The fraction of sp³-hybridized carbons (Fsp3) is 0.0370. The molecule has 9 aromatic carbocycles.